The zero-order valence-corrected chi connectivity index (χ0v) is 9.64. The van der Waals surface area contributed by atoms with Gasteiger partial charge in [-0.2, -0.15) is 0 Å². The maximum absolute atomic E-state index is 11.2. The molecule has 0 aromatic heterocycles. The van der Waals surface area contributed by atoms with Crippen molar-refractivity contribution in [2.24, 2.45) is 0 Å². The standard InChI is InChI=1S/C9H12ClNO2S/c1-11(14(2,12)13)9-5-3-8(7-10)4-6-9/h3-6H,7H2,1-2H3. The highest BCUT2D eigenvalue weighted by atomic mass is 35.5. The summed E-state index contributed by atoms with van der Waals surface area (Å²) in [5, 5.41) is 0. The first-order valence-corrected chi connectivity index (χ1v) is 6.42. The summed E-state index contributed by atoms with van der Waals surface area (Å²) in [6, 6.07) is 7.09. The van der Waals surface area contributed by atoms with Crippen LogP contribution in [-0.4, -0.2) is 21.7 Å². The van der Waals surface area contributed by atoms with Crippen LogP contribution in [0.2, 0.25) is 0 Å². The molecule has 1 aromatic rings. The van der Waals surface area contributed by atoms with E-state index in [9.17, 15) is 8.42 Å². The van der Waals surface area contributed by atoms with Crippen molar-refractivity contribution in [1.82, 2.24) is 0 Å². The first-order chi connectivity index (χ1) is 6.45. The predicted molar refractivity (Wildman–Crippen MR) is 59.2 cm³/mol. The van der Waals surface area contributed by atoms with Crippen molar-refractivity contribution in [3.63, 3.8) is 0 Å². The van der Waals surface area contributed by atoms with Crippen LogP contribution in [0.15, 0.2) is 24.3 Å². The summed E-state index contributed by atoms with van der Waals surface area (Å²) in [4.78, 5) is 0. The summed E-state index contributed by atoms with van der Waals surface area (Å²) in [6.07, 6.45) is 1.17. The van der Waals surface area contributed by atoms with Crippen LogP contribution in [0, 0.1) is 0 Å². The van der Waals surface area contributed by atoms with Crippen molar-refractivity contribution in [2.45, 2.75) is 5.88 Å². The molecule has 0 radical (unpaired) electrons. The molecular weight excluding hydrogens is 222 g/mol. The highest BCUT2D eigenvalue weighted by Crippen LogP contribution is 2.16. The number of alkyl halides is 1. The van der Waals surface area contributed by atoms with Gasteiger partial charge < -0.3 is 0 Å². The Kier molecular flexibility index (Phi) is 3.39. The molecule has 0 aliphatic heterocycles. The van der Waals surface area contributed by atoms with Gasteiger partial charge in [-0.3, -0.25) is 4.31 Å². The van der Waals surface area contributed by atoms with E-state index in [4.69, 9.17) is 11.6 Å². The monoisotopic (exact) mass is 233 g/mol. The van der Waals surface area contributed by atoms with Gasteiger partial charge in [-0.05, 0) is 17.7 Å². The van der Waals surface area contributed by atoms with Gasteiger partial charge in [0, 0.05) is 12.9 Å². The quantitative estimate of drug-likeness (QED) is 0.747. The summed E-state index contributed by atoms with van der Waals surface area (Å²) in [5.41, 5.74) is 1.61. The molecule has 0 spiro atoms. The van der Waals surface area contributed by atoms with Gasteiger partial charge in [0.05, 0.1) is 11.9 Å². The van der Waals surface area contributed by atoms with E-state index in [-0.39, 0.29) is 0 Å². The van der Waals surface area contributed by atoms with Gasteiger partial charge in [-0.15, -0.1) is 11.6 Å². The molecule has 0 fully saturated rings. The van der Waals surface area contributed by atoms with Gasteiger partial charge in [0.1, 0.15) is 0 Å². The molecule has 0 unspecified atom stereocenters. The van der Waals surface area contributed by atoms with Crippen molar-refractivity contribution < 1.29 is 8.42 Å². The second-order valence-electron chi connectivity index (χ2n) is 3.03. The third-order valence-corrected chi connectivity index (χ3v) is 3.47. The number of anilines is 1. The molecule has 3 nitrogen and oxygen atoms in total. The maximum atomic E-state index is 11.2. The molecule has 0 atom stereocenters. The second kappa shape index (κ2) is 4.19. The van der Waals surface area contributed by atoms with Crippen molar-refractivity contribution in [3.8, 4) is 0 Å². The SMILES string of the molecule is CN(c1ccc(CCl)cc1)S(C)(=O)=O. The zero-order valence-electron chi connectivity index (χ0n) is 8.07. The van der Waals surface area contributed by atoms with Crippen LogP contribution in [0.3, 0.4) is 0 Å². The Labute approximate surface area is 89.4 Å². The molecule has 1 rings (SSSR count). The lowest BCUT2D eigenvalue weighted by molar-refractivity contribution is 0.600. The summed E-state index contributed by atoms with van der Waals surface area (Å²) in [7, 11) is -1.66. The number of hydrogen-bond acceptors (Lipinski definition) is 2. The fraction of sp³-hybridized carbons (Fsp3) is 0.333. The van der Waals surface area contributed by atoms with Crippen LogP contribution < -0.4 is 4.31 Å². The van der Waals surface area contributed by atoms with Gasteiger partial charge in [-0.1, -0.05) is 12.1 Å². The number of benzene rings is 1. The summed E-state index contributed by atoms with van der Waals surface area (Å²) in [5.74, 6) is 0.433. The number of sulfonamides is 1. The molecule has 0 saturated carbocycles. The Balaban J connectivity index is 2.98. The lowest BCUT2D eigenvalue weighted by Crippen LogP contribution is -2.24. The van der Waals surface area contributed by atoms with E-state index >= 15 is 0 Å². The molecular formula is C9H12ClNO2S. The number of halogens is 1. The van der Waals surface area contributed by atoms with Gasteiger partial charge >= 0.3 is 0 Å². The van der Waals surface area contributed by atoms with E-state index in [1.54, 1.807) is 12.1 Å². The average molecular weight is 234 g/mol. The largest absolute Gasteiger partial charge is 0.274 e. The van der Waals surface area contributed by atoms with Gasteiger partial charge in [0.25, 0.3) is 0 Å². The molecule has 0 amide bonds. The van der Waals surface area contributed by atoms with E-state index < -0.39 is 10.0 Å². The third-order valence-electron chi connectivity index (χ3n) is 1.95. The molecule has 0 heterocycles. The lowest BCUT2D eigenvalue weighted by atomic mass is 10.2. The fourth-order valence-corrected chi connectivity index (χ4v) is 1.67. The Bertz CT molecular complexity index is 399. The van der Waals surface area contributed by atoms with E-state index in [2.05, 4.69) is 0 Å². The van der Waals surface area contributed by atoms with E-state index in [0.717, 1.165) is 5.56 Å². The van der Waals surface area contributed by atoms with Crippen LogP contribution >= 0.6 is 11.6 Å². The van der Waals surface area contributed by atoms with Crippen molar-refractivity contribution in [2.75, 3.05) is 17.6 Å². The van der Waals surface area contributed by atoms with E-state index in [1.165, 1.54) is 17.6 Å². The van der Waals surface area contributed by atoms with Crippen LogP contribution in [0.25, 0.3) is 0 Å². The van der Waals surface area contributed by atoms with E-state index in [1.807, 2.05) is 12.1 Å². The highest BCUT2D eigenvalue weighted by Gasteiger charge is 2.10. The molecule has 0 aliphatic rings. The first kappa shape index (κ1) is 11.3. The second-order valence-corrected chi connectivity index (χ2v) is 5.31. The van der Waals surface area contributed by atoms with Crippen LogP contribution in [0.5, 0.6) is 0 Å². The van der Waals surface area contributed by atoms with Gasteiger partial charge in [0.15, 0.2) is 0 Å². The topological polar surface area (TPSA) is 37.4 Å². The van der Waals surface area contributed by atoms with Crippen molar-refractivity contribution in [1.29, 1.82) is 0 Å². The Morgan fingerprint density at radius 3 is 2.14 bits per heavy atom. The van der Waals surface area contributed by atoms with Crippen LogP contribution in [0.1, 0.15) is 5.56 Å². The molecule has 0 bridgehead atoms. The molecule has 0 N–H and O–H groups in total. The van der Waals surface area contributed by atoms with Gasteiger partial charge in [-0.25, -0.2) is 8.42 Å². The number of hydrogen-bond donors (Lipinski definition) is 0. The molecule has 0 aliphatic carbocycles. The normalized spacial score (nSPS) is 11.4. The van der Waals surface area contributed by atoms with Crippen molar-refractivity contribution >= 4 is 27.3 Å². The smallest absolute Gasteiger partial charge is 0.231 e. The first-order valence-electron chi connectivity index (χ1n) is 4.04. The Morgan fingerprint density at radius 1 is 1.29 bits per heavy atom. The van der Waals surface area contributed by atoms with Gasteiger partial charge in [0.2, 0.25) is 10.0 Å². The summed E-state index contributed by atoms with van der Waals surface area (Å²) >= 11 is 5.62. The van der Waals surface area contributed by atoms with Crippen LogP contribution in [0.4, 0.5) is 5.69 Å². The van der Waals surface area contributed by atoms with Crippen molar-refractivity contribution in [3.05, 3.63) is 29.8 Å². The zero-order chi connectivity index (χ0) is 10.8. The number of nitrogens with zero attached hydrogens (tertiary/aromatic N) is 1. The Morgan fingerprint density at radius 2 is 1.79 bits per heavy atom. The minimum absolute atomic E-state index is 0.433. The summed E-state index contributed by atoms with van der Waals surface area (Å²) in [6.45, 7) is 0. The molecule has 1 aromatic carbocycles. The third kappa shape index (κ3) is 2.62. The molecule has 0 saturated heterocycles. The minimum Gasteiger partial charge on any atom is -0.274 e. The average Bonchev–Trinajstić information content (AvgIpc) is 2.15. The fourth-order valence-electron chi connectivity index (χ4n) is 0.986. The molecule has 14 heavy (non-hydrogen) atoms. The Hall–Kier alpha value is -0.740. The predicted octanol–water partition coefficient (Wildman–Crippen LogP) is 1.82. The highest BCUT2D eigenvalue weighted by molar-refractivity contribution is 7.92. The summed E-state index contributed by atoms with van der Waals surface area (Å²) < 4.78 is 23.6. The van der Waals surface area contributed by atoms with Crippen LogP contribution in [-0.2, 0) is 15.9 Å². The maximum Gasteiger partial charge on any atom is 0.231 e. The van der Waals surface area contributed by atoms with E-state index in [0.29, 0.717) is 11.6 Å². The molecule has 5 heteroatoms. The lowest BCUT2D eigenvalue weighted by Gasteiger charge is -2.16. The number of rotatable bonds is 3. The molecule has 78 valence electrons. The minimum atomic E-state index is -3.18.